The van der Waals surface area contributed by atoms with Crippen molar-refractivity contribution in [3.05, 3.63) is 26.2 Å². The van der Waals surface area contributed by atoms with Crippen molar-refractivity contribution in [3.8, 4) is 0 Å². The second-order valence-corrected chi connectivity index (χ2v) is 5.85. The third-order valence-corrected chi connectivity index (χ3v) is 3.92. The number of anilines is 1. The fourth-order valence-electron chi connectivity index (χ4n) is 1.75. The van der Waals surface area contributed by atoms with Gasteiger partial charge in [-0.15, -0.1) is 0 Å². The highest BCUT2D eigenvalue weighted by atomic mass is 127. The molecule has 2 amide bonds. The number of nitrogens with one attached hydrogen (secondary N) is 1. The molecule has 0 spiro atoms. The van der Waals surface area contributed by atoms with E-state index in [0.717, 1.165) is 13.7 Å². The van der Waals surface area contributed by atoms with Gasteiger partial charge in [-0.2, -0.15) is 0 Å². The number of benzene rings is 1. The number of hydrogen-bond donors (Lipinski definition) is 1. The van der Waals surface area contributed by atoms with E-state index in [0.29, 0.717) is 0 Å². The van der Waals surface area contributed by atoms with Crippen molar-refractivity contribution in [1.29, 1.82) is 0 Å². The maximum absolute atomic E-state index is 11.9. The number of halogens is 2. The second-order valence-electron chi connectivity index (χ2n) is 3.75. The van der Waals surface area contributed by atoms with Gasteiger partial charge in [-0.05, 0) is 63.6 Å². The summed E-state index contributed by atoms with van der Waals surface area (Å²) in [5.74, 6) is -0.228. The number of nitrogens with zero attached hydrogens (tertiary/aromatic N) is 1. The van der Waals surface area contributed by atoms with E-state index in [2.05, 4.69) is 43.8 Å². The minimum Gasteiger partial charge on any atom is -0.345 e. The van der Waals surface area contributed by atoms with Crippen LogP contribution in [-0.2, 0) is 9.59 Å². The van der Waals surface area contributed by atoms with Crippen LogP contribution < -0.4 is 10.2 Å². The highest BCUT2D eigenvalue weighted by Crippen LogP contribution is 2.30. The summed E-state index contributed by atoms with van der Waals surface area (Å²) >= 11 is 5.62. The topological polar surface area (TPSA) is 49.4 Å². The normalized spacial score (nSPS) is 20.4. The van der Waals surface area contributed by atoms with E-state index in [4.69, 9.17) is 0 Å². The third kappa shape index (κ3) is 2.47. The van der Waals surface area contributed by atoms with E-state index in [1.807, 2.05) is 18.2 Å². The summed E-state index contributed by atoms with van der Waals surface area (Å²) in [7, 11) is 0. The number of carbonyl (C=O) groups is 2. The summed E-state index contributed by atoms with van der Waals surface area (Å²) in [5, 5.41) is 2.57. The van der Waals surface area contributed by atoms with Gasteiger partial charge < -0.3 is 5.32 Å². The third-order valence-electron chi connectivity index (χ3n) is 2.62. The van der Waals surface area contributed by atoms with E-state index >= 15 is 0 Å². The van der Waals surface area contributed by atoms with Crippen LogP contribution in [0, 0.1) is 3.57 Å². The van der Waals surface area contributed by atoms with Crippen LogP contribution in [0.2, 0.25) is 0 Å². The predicted molar refractivity (Wildman–Crippen MR) is 76.8 cm³/mol. The quantitative estimate of drug-likeness (QED) is 0.721. The number of carbonyl (C=O) groups excluding carboxylic acids is 2. The van der Waals surface area contributed by atoms with Gasteiger partial charge in [0.25, 0.3) is 0 Å². The van der Waals surface area contributed by atoms with Gasteiger partial charge in [0, 0.05) is 8.04 Å². The summed E-state index contributed by atoms with van der Waals surface area (Å²) in [6, 6.07) is 5.20. The van der Waals surface area contributed by atoms with Gasteiger partial charge in [0.15, 0.2) is 0 Å². The SMILES string of the molecule is CC1C(=O)NCC(=O)N1c1ccc(I)cc1Br. The molecule has 1 aromatic carbocycles. The number of piperazine rings is 1. The monoisotopic (exact) mass is 408 g/mol. The molecule has 1 atom stereocenters. The minimum absolute atomic E-state index is 0.0571. The van der Waals surface area contributed by atoms with Gasteiger partial charge >= 0.3 is 0 Å². The van der Waals surface area contributed by atoms with E-state index in [1.165, 1.54) is 4.90 Å². The first-order valence-electron chi connectivity index (χ1n) is 5.05. The number of amides is 2. The Morgan fingerprint density at radius 3 is 2.82 bits per heavy atom. The summed E-state index contributed by atoms with van der Waals surface area (Å²) in [6.07, 6.45) is 0. The van der Waals surface area contributed by atoms with Gasteiger partial charge in [-0.25, -0.2) is 0 Å². The molecular weight excluding hydrogens is 399 g/mol. The zero-order chi connectivity index (χ0) is 12.6. The van der Waals surface area contributed by atoms with E-state index < -0.39 is 6.04 Å². The summed E-state index contributed by atoms with van der Waals surface area (Å²) in [4.78, 5) is 25.0. The van der Waals surface area contributed by atoms with Crippen molar-refractivity contribution in [1.82, 2.24) is 5.32 Å². The smallest absolute Gasteiger partial charge is 0.247 e. The van der Waals surface area contributed by atoms with Gasteiger partial charge in [-0.1, -0.05) is 0 Å². The molecule has 1 aliphatic rings. The van der Waals surface area contributed by atoms with Crippen LogP contribution in [0.3, 0.4) is 0 Å². The Kier molecular flexibility index (Phi) is 3.72. The van der Waals surface area contributed by atoms with Crippen LogP contribution in [0.15, 0.2) is 22.7 Å². The van der Waals surface area contributed by atoms with Crippen molar-refractivity contribution >= 4 is 56.0 Å². The first-order valence-corrected chi connectivity index (χ1v) is 6.92. The Hall–Kier alpha value is -0.630. The van der Waals surface area contributed by atoms with Crippen LogP contribution in [0.5, 0.6) is 0 Å². The molecule has 4 nitrogen and oxygen atoms in total. The molecule has 0 saturated carbocycles. The average molecular weight is 409 g/mol. The van der Waals surface area contributed by atoms with Crippen molar-refractivity contribution in [2.24, 2.45) is 0 Å². The maximum Gasteiger partial charge on any atom is 0.247 e. The molecule has 0 bridgehead atoms. The molecule has 1 aliphatic heterocycles. The Labute approximate surface area is 121 Å². The van der Waals surface area contributed by atoms with Crippen molar-refractivity contribution < 1.29 is 9.59 Å². The second kappa shape index (κ2) is 4.93. The Morgan fingerprint density at radius 2 is 2.18 bits per heavy atom. The molecule has 2 rings (SSSR count). The van der Waals surface area contributed by atoms with Crippen molar-refractivity contribution in [3.63, 3.8) is 0 Å². The lowest BCUT2D eigenvalue weighted by Gasteiger charge is -2.33. The molecule has 0 aliphatic carbocycles. The Balaban J connectivity index is 2.43. The average Bonchev–Trinajstić information content (AvgIpc) is 2.27. The molecule has 1 fully saturated rings. The van der Waals surface area contributed by atoms with Crippen LogP contribution in [0.1, 0.15) is 6.92 Å². The van der Waals surface area contributed by atoms with E-state index in [9.17, 15) is 9.59 Å². The number of hydrogen-bond acceptors (Lipinski definition) is 2. The fraction of sp³-hybridized carbons (Fsp3) is 0.273. The lowest BCUT2D eigenvalue weighted by Crippen LogP contribution is -2.57. The molecule has 0 radical (unpaired) electrons. The molecule has 6 heteroatoms. The standard InChI is InChI=1S/C11H10BrIN2O2/c1-6-11(17)14-5-10(16)15(6)9-3-2-7(13)4-8(9)12/h2-4,6H,5H2,1H3,(H,14,17). The molecule has 1 saturated heterocycles. The van der Waals surface area contributed by atoms with Crippen molar-refractivity contribution in [2.75, 3.05) is 11.4 Å². The van der Waals surface area contributed by atoms with Gasteiger partial charge in [0.1, 0.15) is 6.04 Å². The molecule has 17 heavy (non-hydrogen) atoms. The number of rotatable bonds is 1. The molecule has 1 aromatic rings. The predicted octanol–water partition coefficient (Wildman–Crippen LogP) is 1.91. The summed E-state index contributed by atoms with van der Waals surface area (Å²) in [5.41, 5.74) is 0.734. The van der Waals surface area contributed by atoms with Crippen molar-refractivity contribution in [2.45, 2.75) is 13.0 Å². The summed E-state index contributed by atoms with van der Waals surface area (Å²) in [6.45, 7) is 1.78. The highest BCUT2D eigenvalue weighted by Gasteiger charge is 2.32. The largest absolute Gasteiger partial charge is 0.345 e. The lowest BCUT2D eigenvalue weighted by molar-refractivity contribution is -0.130. The first kappa shape index (κ1) is 12.8. The highest BCUT2D eigenvalue weighted by molar-refractivity contribution is 14.1. The molecular formula is C11H10BrIN2O2. The molecule has 90 valence electrons. The summed E-state index contributed by atoms with van der Waals surface area (Å²) < 4.78 is 1.89. The molecule has 1 heterocycles. The Bertz CT molecular complexity index is 492. The maximum atomic E-state index is 11.9. The van der Waals surface area contributed by atoms with Gasteiger partial charge in [0.05, 0.1) is 12.2 Å². The minimum atomic E-state index is -0.479. The van der Waals surface area contributed by atoms with Gasteiger partial charge in [-0.3, -0.25) is 14.5 Å². The molecule has 1 N–H and O–H groups in total. The fourth-order valence-corrected chi connectivity index (χ4v) is 3.24. The van der Waals surface area contributed by atoms with Crippen LogP contribution in [0.4, 0.5) is 5.69 Å². The molecule has 1 unspecified atom stereocenters. The molecule has 0 aromatic heterocycles. The van der Waals surface area contributed by atoms with Gasteiger partial charge in [0.2, 0.25) is 11.8 Å². The van der Waals surface area contributed by atoms with Crippen LogP contribution in [0.25, 0.3) is 0 Å². The van der Waals surface area contributed by atoms with Crippen LogP contribution in [-0.4, -0.2) is 24.4 Å². The first-order chi connectivity index (χ1) is 8.00. The van der Waals surface area contributed by atoms with E-state index in [-0.39, 0.29) is 18.4 Å². The van der Waals surface area contributed by atoms with E-state index in [1.54, 1.807) is 6.92 Å². The zero-order valence-electron chi connectivity index (χ0n) is 9.04. The Morgan fingerprint density at radius 1 is 1.47 bits per heavy atom. The zero-order valence-corrected chi connectivity index (χ0v) is 12.8. The lowest BCUT2D eigenvalue weighted by atomic mass is 10.1. The van der Waals surface area contributed by atoms with Crippen LogP contribution >= 0.6 is 38.5 Å².